The minimum atomic E-state index is -1.24. The number of carbonyl (C=O) groups is 2. The van der Waals surface area contributed by atoms with Gasteiger partial charge in [0.25, 0.3) is 0 Å². The van der Waals surface area contributed by atoms with Gasteiger partial charge in [-0.1, -0.05) is 136 Å². The first-order valence-corrected chi connectivity index (χ1v) is 12.9. The van der Waals surface area contributed by atoms with Crippen molar-refractivity contribution in [3.63, 3.8) is 0 Å². The van der Waals surface area contributed by atoms with E-state index in [0.717, 1.165) is 38.5 Å². The molecule has 0 aromatic rings. The van der Waals surface area contributed by atoms with Gasteiger partial charge in [0.1, 0.15) is 0 Å². The highest BCUT2D eigenvalue weighted by Gasteiger charge is 2.23. The summed E-state index contributed by atoms with van der Waals surface area (Å²) in [5.41, 5.74) is 0. The van der Waals surface area contributed by atoms with Crippen molar-refractivity contribution in [2.45, 2.75) is 149 Å². The van der Waals surface area contributed by atoms with Crippen LogP contribution in [0.15, 0.2) is 0 Å². The van der Waals surface area contributed by atoms with Gasteiger partial charge < -0.3 is 5.11 Å². The molecule has 1 unspecified atom stereocenters. The molecule has 0 fully saturated rings. The number of carboxylic acids is 1. The monoisotopic (exact) mass is 410 g/mol. The topological polar surface area (TPSA) is 54.4 Å². The van der Waals surface area contributed by atoms with E-state index in [-0.39, 0.29) is 5.92 Å². The van der Waals surface area contributed by atoms with Crippen LogP contribution in [-0.4, -0.2) is 16.9 Å². The van der Waals surface area contributed by atoms with Crippen LogP contribution in [0.5, 0.6) is 0 Å². The average molecular weight is 411 g/mol. The SMILES string of the molecule is CCCCCCCCCCCCCCCC(CCCCCCCC)C(=O)C(=O)O. The third-order valence-corrected chi connectivity index (χ3v) is 6.14. The van der Waals surface area contributed by atoms with Crippen LogP contribution in [0.2, 0.25) is 0 Å². The normalized spacial score (nSPS) is 12.2. The summed E-state index contributed by atoms with van der Waals surface area (Å²) < 4.78 is 0. The Labute approximate surface area is 181 Å². The number of carboxylic acid groups (broad SMARTS) is 1. The van der Waals surface area contributed by atoms with Gasteiger partial charge in [0.15, 0.2) is 0 Å². The molecule has 1 N–H and O–H groups in total. The Morgan fingerprint density at radius 1 is 0.517 bits per heavy atom. The highest BCUT2D eigenvalue weighted by Crippen LogP contribution is 2.20. The summed E-state index contributed by atoms with van der Waals surface area (Å²) in [7, 11) is 0. The van der Waals surface area contributed by atoms with Crippen molar-refractivity contribution < 1.29 is 14.7 Å². The molecule has 1 atom stereocenters. The summed E-state index contributed by atoms with van der Waals surface area (Å²) >= 11 is 0. The Bertz CT molecular complexity index is 378. The van der Waals surface area contributed by atoms with Crippen LogP contribution in [0.25, 0.3) is 0 Å². The van der Waals surface area contributed by atoms with Gasteiger partial charge in [0.05, 0.1) is 0 Å². The van der Waals surface area contributed by atoms with Gasteiger partial charge in [0.2, 0.25) is 5.78 Å². The molecule has 172 valence electrons. The number of hydrogen-bond donors (Lipinski definition) is 1. The first-order chi connectivity index (χ1) is 14.1. The van der Waals surface area contributed by atoms with Gasteiger partial charge >= 0.3 is 5.97 Å². The molecule has 29 heavy (non-hydrogen) atoms. The van der Waals surface area contributed by atoms with Crippen molar-refractivity contribution in [2.75, 3.05) is 0 Å². The van der Waals surface area contributed by atoms with Crippen molar-refractivity contribution in [3.05, 3.63) is 0 Å². The van der Waals surface area contributed by atoms with E-state index >= 15 is 0 Å². The van der Waals surface area contributed by atoms with E-state index in [2.05, 4.69) is 13.8 Å². The largest absolute Gasteiger partial charge is 0.475 e. The van der Waals surface area contributed by atoms with Crippen LogP contribution >= 0.6 is 0 Å². The predicted octanol–water partition coefficient (Wildman–Crippen LogP) is 8.49. The maximum absolute atomic E-state index is 12.0. The molecule has 0 saturated carbocycles. The third kappa shape index (κ3) is 18.9. The molecule has 0 spiro atoms. The Morgan fingerprint density at radius 3 is 1.07 bits per heavy atom. The van der Waals surface area contributed by atoms with E-state index in [1.165, 1.54) is 96.3 Å². The lowest BCUT2D eigenvalue weighted by Gasteiger charge is -2.13. The summed E-state index contributed by atoms with van der Waals surface area (Å²) in [6, 6.07) is 0. The molecule has 0 rings (SSSR count). The zero-order valence-corrected chi connectivity index (χ0v) is 19.7. The van der Waals surface area contributed by atoms with Crippen molar-refractivity contribution >= 4 is 11.8 Å². The zero-order valence-electron chi connectivity index (χ0n) is 19.7. The fraction of sp³-hybridized carbons (Fsp3) is 0.923. The van der Waals surface area contributed by atoms with E-state index in [0.29, 0.717) is 0 Å². The summed E-state index contributed by atoms with van der Waals surface area (Å²) in [6.07, 6.45) is 25.6. The molecule has 0 bridgehead atoms. The van der Waals surface area contributed by atoms with E-state index in [4.69, 9.17) is 5.11 Å². The van der Waals surface area contributed by atoms with Gasteiger partial charge in [-0.15, -0.1) is 0 Å². The molecule has 0 amide bonds. The smallest absolute Gasteiger partial charge is 0.372 e. The van der Waals surface area contributed by atoms with Crippen LogP contribution in [-0.2, 0) is 9.59 Å². The Kier molecular flexibility index (Phi) is 21.2. The first-order valence-electron chi connectivity index (χ1n) is 12.9. The van der Waals surface area contributed by atoms with E-state index in [1.54, 1.807) is 0 Å². The third-order valence-electron chi connectivity index (χ3n) is 6.14. The van der Waals surface area contributed by atoms with Gasteiger partial charge in [0, 0.05) is 5.92 Å². The fourth-order valence-corrected chi connectivity index (χ4v) is 4.16. The number of carbonyl (C=O) groups excluding carboxylic acids is 1. The Morgan fingerprint density at radius 2 is 0.793 bits per heavy atom. The summed E-state index contributed by atoms with van der Waals surface area (Å²) in [4.78, 5) is 23.1. The molecular formula is C26H50O3. The van der Waals surface area contributed by atoms with Crippen LogP contribution in [0.3, 0.4) is 0 Å². The molecule has 0 radical (unpaired) electrons. The molecule has 0 aliphatic carbocycles. The molecule has 3 nitrogen and oxygen atoms in total. The first kappa shape index (κ1) is 28.1. The summed E-state index contributed by atoms with van der Waals surface area (Å²) in [6.45, 7) is 4.47. The maximum Gasteiger partial charge on any atom is 0.372 e. The van der Waals surface area contributed by atoms with E-state index < -0.39 is 11.8 Å². The molecule has 3 heteroatoms. The van der Waals surface area contributed by atoms with Gasteiger partial charge in [-0.3, -0.25) is 4.79 Å². The summed E-state index contributed by atoms with van der Waals surface area (Å²) in [5.74, 6) is -2.06. The maximum atomic E-state index is 12.0. The van der Waals surface area contributed by atoms with Crippen molar-refractivity contribution in [3.8, 4) is 0 Å². The second-order valence-corrected chi connectivity index (χ2v) is 8.95. The predicted molar refractivity (Wildman–Crippen MR) is 124 cm³/mol. The van der Waals surface area contributed by atoms with E-state index in [1.807, 2.05) is 0 Å². The Hall–Kier alpha value is -0.860. The van der Waals surface area contributed by atoms with Crippen LogP contribution < -0.4 is 0 Å². The zero-order chi connectivity index (χ0) is 21.6. The van der Waals surface area contributed by atoms with Crippen LogP contribution in [0.1, 0.15) is 149 Å². The summed E-state index contributed by atoms with van der Waals surface area (Å²) in [5, 5.41) is 9.08. The Balaban J connectivity index is 3.67. The number of unbranched alkanes of at least 4 members (excludes halogenated alkanes) is 17. The number of ketones is 1. The highest BCUT2D eigenvalue weighted by atomic mass is 16.4. The standard InChI is InChI=1S/C26H50O3/c1-3-5-7-9-11-12-13-14-15-16-17-19-21-23-24(25(27)26(28)29)22-20-18-10-8-6-4-2/h24H,3-23H2,1-2H3,(H,28,29). The number of rotatable bonds is 23. The number of hydrogen-bond acceptors (Lipinski definition) is 2. The average Bonchev–Trinajstić information content (AvgIpc) is 2.71. The van der Waals surface area contributed by atoms with Crippen molar-refractivity contribution in [1.82, 2.24) is 0 Å². The molecule has 0 saturated heterocycles. The second kappa shape index (κ2) is 21.8. The second-order valence-electron chi connectivity index (χ2n) is 8.95. The van der Waals surface area contributed by atoms with Crippen molar-refractivity contribution in [2.24, 2.45) is 5.92 Å². The highest BCUT2D eigenvalue weighted by molar-refractivity contribution is 6.33. The molecule has 0 heterocycles. The minimum absolute atomic E-state index is 0.258. The molecular weight excluding hydrogens is 360 g/mol. The molecule has 0 aromatic carbocycles. The molecule has 0 aromatic heterocycles. The van der Waals surface area contributed by atoms with Crippen molar-refractivity contribution in [1.29, 1.82) is 0 Å². The minimum Gasteiger partial charge on any atom is -0.475 e. The lowest BCUT2D eigenvalue weighted by Crippen LogP contribution is -2.23. The quantitative estimate of drug-likeness (QED) is 0.136. The number of Topliss-reactive ketones (excluding diaryl/α,β-unsaturated/α-hetero) is 1. The lowest BCUT2D eigenvalue weighted by atomic mass is 9.90. The van der Waals surface area contributed by atoms with Crippen LogP contribution in [0, 0.1) is 5.92 Å². The fourth-order valence-electron chi connectivity index (χ4n) is 4.16. The van der Waals surface area contributed by atoms with Gasteiger partial charge in [-0.2, -0.15) is 0 Å². The lowest BCUT2D eigenvalue weighted by molar-refractivity contribution is -0.151. The van der Waals surface area contributed by atoms with Gasteiger partial charge in [-0.25, -0.2) is 4.79 Å². The van der Waals surface area contributed by atoms with Crippen LogP contribution in [0.4, 0.5) is 0 Å². The van der Waals surface area contributed by atoms with E-state index in [9.17, 15) is 9.59 Å². The van der Waals surface area contributed by atoms with Gasteiger partial charge in [-0.05, 0) is 12.8 Å². The molecule has 0 aliphatic heterocycles. The number of aliphatic carboxylic acids is 1. The molecule has 0 aliphatic rings.